The number of carbonyl (C=O) groups is 1. The number of benzene rings is 1. The van der Waals surface area contributed by atoms with E-state index in [1.165, 1.54) is 27.8 Å². The minimum atomic E-state index is -0.600. The highest BCUT2D eigenvalue weighted by Gasteiger charge is 2.30. The normalized spacial score (nSPS) is 11.6. The Morgan fingerprint density at radius 1 is 0.895 bits per heavy atom. The van der Waals surface area contributed by atoms with Crippen molar-refractivity contribution in [2.45, 2.75) is 54.1 Å². The number of hydrogen-bond donors (Lipinski definition) is 0. The van der Waals surface area contributed by atoms with Crippen LogP contribution in [0.25, 0.3) is 0 Å². The maximum absolute atomic E-state index is 11.6. The van der Waals surface area contributed by atoms with E-state index in [0.717, 1.165) is 17.3 Å². The van der Waals surface area contributed by atoms with Gasteiger partial charge in [0.25, 0.3) is 0 Å². The first kappa shape index (κ1) is 16.1. The van der Waals surface area contributed by atoms with Crippen LogP contribution in [0, 0.1) is 34.6 Å². The van der Waals surface area contributed by atoms with Crippen molar-refractivity contribution in [2.24, 2.45) is 0 Å². The van der Waals surface area contributed by atoms with E-state index in [1.54, 1.807) is 6.26 Å². The highest BCUT2D eigenvalue weighted by molar-refractivity contribution is 8.12. The molecule has 1 rings (SSSR count). The van der Waals surface area contributed by atoms with Crippen molar-refractivity contribution < 1.29 is 9.53 Å². The monoisotopic (exact) mass is 280 g/mol. The molecule has 0 aliphatic heterocycles. The molecule has 0 unspecified atom stereocenters. The van der Waals surface area contributed by atoms with E-state index in [4.69, 9.17) is 4.74 Å². The summed E-state index contributed by atoms with van der Waals surface area (Å²) in [5.41, 5.74) is 6.87. The average molecular weight is 280 g/mol. The molecule has 0 spiro atoms. The summed E-state index contributed by atoms with van der Waals surface area (Å²) in [7, 11) is 0. The lowest BCUT2D eigenvalue weighted by molar-refractivity contribution is 0.0553. The second-order valence-electron chi connectivity index (χ2n) is 5.57. The van der Waals surface area contributed by atoms with E-state index in [0.29, 0.717) is 0 Å². The molecule has 0 aromatic heterocycles. The first-order chi connectivity index (χ1) is 8.63. The van der Waals surface area contributed by atoms with E-state index in [1.807, 2.05) is 13.8 Å². The van der Waals surface area contributed by atoms with E-state index >= 15 is 0 Å². The second kappa shape index (κ2) is 5.58. The van der Waals surface area contributed by atoms with Gasteiger partial charge in [0.05, 0.1) is 0 Å². The van der Waals surface area contributed by atoms with Gasteiger partial charge in [0, 0.05) is 5.56 Å². The zero-order chi connectivity index (χ0) is 15.0. The molecule has 0 aliphatic rings. The average Bonchev–Trinajstić information content (AvgIpc) is 2.33. The molecule has 0 fully saturated rings. The van der Waals surface area contributed by atoms with Gasteiger partial charge in [-0.2, -0.15) is 0 Å². The van der Waals surface area contributed by atoms with Gasteiger partial charge < -0.3 is 4.74 Å². The fourth-order valence-corrected chi connectivity index (χ4v) is 3.00. The van der Waals surface area contributed by atoms with E-state index in [2.05, 4.69) is 34.6 Å². The van der Waals surface area contributed by atoms with Gasteiger partial charge in [0.15, 0.2) is 0 Å². The predicted molar refractivity (Wildman–Crippen MR) is 83.1 cm³/mol. The summed E-state index contributed by atoms with van der Waals surface area (Å²) >= 11 is 1.11. The third-order valence-corrected chi connectivity index (χ3v) is 4.52. The largest absolute Gasteiger partial charge is 0.447 e. The van der Waals surface area contributed by atoms with Gasteiger partial charge in [-0.15, -0.1) is 0 Å². The maximum Gasteiger partial charge on any atom is 0.367 e. The summed E-state index contributed by atoms with van der Waals surface area (Å²) < 4.78 is 5.61. The predicted octanol–water partition coefficient (Wildman–Crippen LogP) is 4.96. The van der Waals surface area contributed by atoms with Crippen molar-refractivity contribution in [3.63, 3.8) is 0 Å². The Balaban J connectivity index is 3.46. The van der Waals surface area contributed by atoms with Gasteiger partial charge >= 0.3 is 5.30 Å². The van der Waals surface area contributed by atoms with Gasteiger partial charge in [-0.3, -0.25) is 0 Å². The van der Waals surface area contributed by atoms with Crippen molar-refractivity contribution in [1.29, 1.82) is 0 Å². The standard InChI is InChI=1S/C16H24O2S/c1-9-10(2)12(4)14(13(5)11(9)3)16(6,7)18-15(17)19-8/h1-8H3. The first-order valence-electron chi connectivity index (χ1n) is 6.47. The molecule has 0 N–H and O–H groups in total. The molecule has 0 atom stereocenters. The minimum absolute atomic E-state index is 0.236. The van der Waals surface area contributed by atoms with Crippen molar-refractivity contribution in [2.75, 3.05) is 6.26 Å². The van der Waals surface area contributed by atoms with E-state index in [9.17, 15) is 4.79 Å². The van der Waals surface area contributed by atoms with Gasteiger partial charge in [-0.1, -0.05) is 0 Å². The Morgan fingerprint density at radius 3 is 1.63 bits per heavy atom. The molecule has 0 radical (unpaired) electrons. The number of rotatable bonds is 2. The summed E-state index contributed by atoms with van der Waals surface area (Å²) in [6, 6.07) is 0. The molecule has 1 aromatic carbocycles. The minimum Gasteiger partial charge on any atom is -0.447 e. The highest BCUT2D eigenvalue weighted by atomic mass is 32.2. The fourth-order valence-electron chi connectivity index (χ4n) is 2.70. The molecule has 0 bridgehead atoms. The van der Waals surface area contributed by atoms with Crippen LogP contribution in [0.3, 0.4) is 0 Å². The van der Waals surface area contributed by atoms with Crippen LogP contribution in [-0.4, -0.2) is 11.6 Å². The third kappa shape index (κ3) is 2.97. The number of ether oxygens (including phenoxy) is 1. The smallest absolute Gasteiger partial charge is 0.367 e. The Kier molecular flexibility index (Phi) is 4.72. The molecule has 2 nitrogen and oxygen atoms in total. The molecular weight excluding hydrogens is 256 g/mol. The highest BCUT2D eigenvalue weighted by Crippen LogP contribution is 2.36. The van der Waals surface area contributed by atoms with Crippen LogP contribution in [-0.2, 0) is 10.3 Å². The Morgan fingerprint density at radius 2 is 1.26 bits per heavy atom. The molecule has 19 heavy (non-hydrogen) atoms. The molecular formula is C16H24O2S. The zero-order valence-electron chi connectivity index (χ0n) is 13.2. The quantitative estimate of drug-likeness (QED) is 0.716. The van der Waals surface area contributed by atoms with Crippen LogP contribution in [0.4, 0.5) is 4.79 Å². The molecule has 3 heteroatoms. The lowest BCUT2D eigenvalue weighted by Crippen LogP contribution is -2.27. The van der Waals surface area contributed by atoms with Crippen LogP contribution in [0.5, 0.6) is 0 Å². The summed E-state index contributed by atoms with van der Waals surface area (Å²) in [6.45, 7) is 14.6. The zero-order valence-corrected chi connectivity index (χ0v) is 14.0. The van der Waals surface area contributed by atoms with Crippen molar-refractivity contribution in [3.8, 4) is 0 Å². The topological polar surface area (TPSA) is 26.3 Å². The summed E-state index contributed by atoms with van der Waals surface area (Å²) in [4.78, 5) is 11.6. The van der Waals surface area contributed by atoms with Crippen LogP contribution in [0.15, 0.2) is 0 Å². The fraction of sp³-hybridized carbons (Fsp3) is 0.562. The van der Waals surface area contributed by atoms with Crippen LogP contribution >= 0.6 is 11.8 Å². The maximum atomic E-state index is 11.6. The molecule has 106 valence electrons. The summed E-state index contributed by atoms with van der Waals surface area (Å²) in [6.07, 6.45) is 1.74. The molecule has 0 amide bonds. The van der Waals surface area contributed by atoms with Crippen LogP contribution in [0.1, 0.15) is 47.2 Å². The Labute approximate surface area is 120 Å². The van der Waals surface area contributed by atoms with Gasteiger partial charge in [0.2, 0.25) is 0 Å². The lowest BCUT2D eigenvalue weighted by atomic mass is 9.82. The third-order valence-electron chi connectivity index (χ3n) is 4.11. The van der Waals surface area contributed by atoms with E-state index in [-0.39, 0.29) is 5.30 Å². The van der Waals surface area contributed by atoms with Gasteiger partial charge in [-0.05, 0) is 94.3 Å². The number of carbonyl (C=O) groups excluding carboxylic acids is 1. The molecule has 0 heterocycles. The molecule has 1 aromatic rings. The van der Waals surface area contributed by atoms with Crippen molar-refractivity contribution in [3.05, 3.63) is 33.4 Å². The number of hydrogen-bond acceptors (Lipinski definition) is 3. The van der Waals surface area contributed by atoms with Crippen LogP contribution in [0.2, 0.25) is 0 Å². The molecule has 0 saturated carbocycles. The molecule has 0 saturated heterocycles. The van der Waals surface area contributed by atoms with Gasteiger partial charge in [0.1, 0.15) is 5.60 Å². The summed E-state index contributed by atoms with van der Waals surface area (Å²) in [5.74, 6) is 0. The van der Waals surface area contributed by atoms with Crippen LogP contribution < -0.4 is 0 Å². The van der Waals surface area contributed by atoms with Crippen molar-refractivity contribution in [1.82, 2.24) is 0 Å². The van der Waals surface area contributed by atoms with Gasteiger partial charge in [-0.25, -0.2) is 4.79 Å². The SMILES string of the molecule is CSC(=O)OC(C)(C)c1c(C)c(C)c(C)c(C)c1C. The Bertz CT molecular complexity index is 487. The first-order valence-corrected chi connectivity index (χ1v) is 7.70. The lowest BCUT2D eigenvalue weighted by Gasteiger charge is -2.31. The van der Waals surface area contributed by atoms with E-state index < -0.39 is 5.60 Å². The second-order valence-corrected chi connectivity index (χ2v) is 6.31. The molecule has 0 aliphatic carbocycles. The Hall–Kier alpha value is -0.960. The van der Waals surface area contributed by atoms with Crippen molar-refractivity contribution >= 4 is 17.1 Å². The summed E-state index contributed by atoms with van der Waals surface area (Å²) in [5, 5.41) is -0.236. The number of thioether (sulfide) groups is 1.